The molecule has 6 heteroatoms. The van der Waals surface area contributed by atoms with Gasteiger partial charge in [0, 0.05) is 15.4 Å². The highest BCUT2D eigenvalue weighted by molar-refractivity contribution is 9.10. The summed E-state index contributed by atoms with van der Waals surface area (Å²) in [6.07, 6.45) is 0. The standard InChI is InChI=1S/C15H12BrF2NOS/c1-9-6-10(16)2-5-14(9)21-8-15(20)19-13-7-11(17)3-4-12(13)18/h2-7H,8H2,1H3,(H,19,20). The third-order valence-electron chi connectivity index (χ3n) is 2.70. The maximum absolute atomic E-state index is 13.4. The fraction of sp³-hybridized carbons (Fsp3) is 0.133. The van der Waals surface area contributed by atoms with Crippen LogP contribution >= 0.6 is 27.7 Å². The van der Waals surface area contributed by atoms with Crippen LogP contribution in [0, 0.1) is 18.6 Å². The van der Waals surface area contributed by atoms with Gasteiger partial charge in [-0.3, -0.25) is 4.79 Å². The minimum atomic E-state index is -0.658. The van der Waals surface area contributed by atoms with Crippen LogP contribution in [0.1, 0.15) is 5.56 Å². The molecule has 21 heavy (non-hydrogen) atoms. The molecule has 0 radical (unpaired) electrons. The SMILES string of the molecule is Cc1cc(Br)ccc1SCC(=O)Nc1cc(F)ccc1F. The molecule has 110 valence electrons. The predicted molar refractivity (Wildman–Crippen MR) is 84.6 cm³/mol. The van der Waals surface area contributed by atoms with Gasteiger partial charge in [-0.2, -0.15) is 0 Å². The molecule has 2 aromatic rings. The van der Waals surface area contributed by atoms with Gasteiger partial charge in [-0.1, -0.05) is 15.9 Å². The van der Waals surface area contributed by atoms with Gasteiger partial charge in [-0.05, 0) is 42.8 Å². The van der Waals surface area contributed by atoms with Gasteiger partial charge in [0.1, 0.15) is 11.6 Å². The summed E-state index contributed by atoms with van der Waals surface area (Å²) < 4.78 is 27.4. The van der Waals surface area contributed by atoms with Crippen molar-refractivity contribution in [2.24, 2.45) is 0 Å². The van der Waals surface area contributed by atoms with E-state index in [1.165, 1.54) is 11.8 Å². The van der Waals surface area contributed by atoms with Crippen LogP contribution in [0.25, 0.3) is 0 Å². The Hall–Kier alpha value is -1.40. The topological polar surface area (TPSA) is 29.1 Å². The number of carbonyl (C=O) groups is 1. The lowest BCUT2D eigenvalue weighted by Crippen LogP contribution is -2.15. The van der Waals surface area contributed by atoms with Gasteiger partial charge < -0.3 is 5.32 Å². The molecule has 2 rings (SSSR count). The lowest BCUT2D eigenvalue weighted by molar-refractivity contribution is -0.113. The van der Waals surface area contributed by atoms with Gasteiger partial charge in [0.15, 0.2) is 0 Å². The minimum absolute atomic E-state index is 0.123. The summed E-state index contributed by atoms with van der Waals surface area (Å²) in [6, 6.07) is 8.69. The number of thioether (sulfide) groups is 1. The molecule has 0 aliphatic rings. The number of rotatable bonds is 4. The molecule has 0 saturated carbocycles. The lowest BCUT2D eigenvalue weighted by atomic mass is 10.2. The molecule has 0 heterocycles. The molecule has 0 unspecified atom stereocenters. The first kappa shape index (κ1) is 16.0. The van der Waals surface area contributed by atoms with Crippen LogP contribution in [0.4, 0.5) is 14.5 Å². The van der Waals surface area contributed by atoms with E-state index in [2.05, 4.69) is 21.2 Å². The Morgan fingerprint density at radius 1 is 1.24 bits per heavy atom. The molecule has 2 aromatic carbocycles. The van der Waals surface area contributed by atoms with E-state index in [1.54, 1.807) is 0 Å². The quantitative estimate of drug-likeness (QED) is 0.784. The first-order valence-corrected chi connectivity index (χ1v) is 7.87. The molecule has 0 aromatic heterocycles. The molecular formula is C15H12BrF2NOS. The molecule has 2 nitrogen and oxygen atoms in total. The summed E-state index contributed by atoms with van der Waals surface area (Å²) in [7, 11) is 0. The highest BCUT2D eigenvalue weighted by Gasteiger charge is 2.09. The van der Waals surface area contributed by atoms with E-state index in [0.717, 1.165) is 33.1 Å². The van der Waals surface area contributed by atoms with Crippen LogP contribution in [0.3, 0.4) is 0 Å². The number of anilines is 1. The Kier molecular flexibility index (Phi) is 5.36. The number of carbonyl (C=O) groups excluding carboxylic acids is 1. The lowest BCUT2D eigenvalue weighted by Gasteiger charge is -2.08. The average Bonchev–Trinajstić information content (AvgIpc) is 2.42. The Morgan fingerprint density at radius 2 is 2.00 bits per heavy atom. The molecule has 0 spiro atoms. The predicted octanol–water partition coefficient (Wildman–Crippen LogP) is 4.77. The average molecular weight is 372 g/mol. The van der Waals surface area contributed by atoms with Gasteiger partial charge in [0.2, 0.25) is 5.91 Å². The van der Waals surface area contributed by atoms with E-state index >= 15 is 0 Å². The summed E-state index contributed by atoms with van der Waals surface area (Å²) in [5.74, 6) is -1.51. The number of halogens is 3. The Labute approximate surface area is 134 Å². The Morgan fingerprint density at radius 3 is 2.71 bits per heavy atom. The van der Waals surface area contributed by atoms with E-state index in [1.807, 2.05) is 25.1 Å². The second-order valence-electron chi connectivity index (χ2n) is 4.37. The van der Waals surface area contributed by atoms with E-state index in [4.69, 9.17) is 0 Å². The normalized spacial score (nSPS) is 10.5. The van der Waals surface area contributed by atoms with Crippen molar-refractivity contribution in [3.63, 3.8) is 0 Å². The van der Waals surface area contributed by atoms with Gasteiger partial charge in [-0.15, -0.1) is 11.8 Å². The smallest absolute Gasteiger partial charge is 0.234 e. The number of aryl methyl sites for hydroxylation is 1. The summed E-state index contributed by atoms with van der Waals surface area (Å²) in [4.78, 5) is 12.8. The fourth-order valence-electron chi connectivity index (χ4n) is 1.70. The van der Waals surface area contributed by atoms with Crippen LogP contribution < -0.4 is 5.32 Å². The van der Waals surface area contributed by atoms with Crippen molar-refractivity contribution in [1.82, 2.24) is 0 Å². The van der Waals surface area contributed by atoms with Gasteiger partial charge in [-0.25, -0.2) is 8.78 Å². The second kappa shape index (κ2) is 7.04. The summed E-state index contributed by atoms with van der Waals surface area (Å²) >= 11 is 4.71. The van der Waals surface area contributed by atoms with Crippen molar-refractivity contribution in [2.75, 3.05) is 11.1 Å². The number of hydrogen-bond acceptors (Lipinski definition) is 2. The fourth-order valence-corrected chi connectivity index (χ4v) is 2.98. The molecule has 0 bridgehead atoms. The zero-order chi connectivity index (χ0) is 15.4. The first-order valence-electron chi connectivity index (χ1n) is 6.09. The van der Waals surface area contributed by atoms with Crippen LogP contribution in [0.2, 0.25) is 0 Å². The van der Waals surface area contributed by atoms with Gasteiger partial charge in [0.25, 0.3) is 0 Å². The zero-order valence-corrected chi connectivity index (χ0v) is 13.5. The summed E-state index contributed by atoms with van der Waals surface area (Å²) in [6.45, 7) is 1.94. The third-order valence-corrected chi connectivity index (χ3v) is 4.37. The number of nitrogens with one attached hydrogen (secondary N) is 1. The van der Waals surface area contributed by atoms with E-state index in [0.29, 0.717) is 0 Å². The summed E-state index contributed by atoms with van der Waals surface area (Å²) in [5.41, 5.74) is 0.896. The highest BCUT2D eigenvalue weighted by Crippen LogP contribution is 2.25. The van der Waals surface area contributed by atoms with Crippen molar-refractivity contribution in [3.8, 4) is 0 Å². The Balaban J connectivity index is 1.97. The molecular weight excluding hydrogens is 360 g/mol. The highest BCUT2D eigenvalue weighted by atomic mass is 79.9. The van der Waals surface area contributed by atoms with E-state index < -0.39 is 11.6 Å². The molecule has 0 fully saturated rings. The van der Waals surface area contributed by atoms with Crippen LogP contribution in [0.5, 0.6) is 0 Å². The van der Waals surface area contributed by atoms with Crippen LogP contribution in [-0.4, -0.2) is 11.7 Å². The van der Waals surface area contributed by atoms with Crippen LogP contribution in [-0.2, 0) is 4.79 Å². The van der Waals surface area contributed by atoms with Crippen molar-refractivity contribution >= 4 is 39.3 Å². The molecule has 1 N–H and O–H groups in total. The van der Waals surface area contributed by atoms with Crippen molar-refractivity contribution < 1.29 is 13.6 Å². The summed E-state index contributed by atoms with van der Waals surface area (Å²) in [5, 5.41) is 2.37. The number of hydrogen-bond donors (Lipinski definition) is 1. The van der Waals surface area contributed by atoms with Crippen LogP contribution in [0.15, 0.2) is 45.8 Å². The van der Waals surface area contributed by atoms with Crippen molar-refractivity contribution in [3.05, 3.63) is 58.1 Å². The molecule has 0 atom stereocenters. The van der Waals surface area contributed by atoms with Gasteiger partial charge >= 0.3 is 0 Å². The largest absolute Gasteiger partial charge is 0.323 e. The third kappa shape index (κ3) is 4.54. The van der Waals surface area contributed by atoms with Gasteiger partial charge in [0.05, 0.1) is 11.4 Å². The maximum Gasteiger partial charge on any atom is 0.234 e. The van der Waals surface area contributed by atoms with E-state index in [9.17, 15) is 13.6 Å². The molecule has 1 amide bonds. The molecule has 0 aliphatic heterocycles. The first-order chi connectivity index (χ1) is 9.95. The maximum atomic E-state index is 13.4. The minimum Gasteiger partial charge on any atom is -0.323 e. The number of benzene rings is 2. The van der Waals surface area contributed by atoms with Crippen molar-refractivity contribution in [1.29, 1.82) is 0 Å². The number of amides is 1. The second-order valence-corrected chi connectivity index (χ2v) is 6.30. The monoisotopic (exact) mass is 371 g/mol. The zero-order valence-electron chi connectivity index (χ0n) is 11.1. The van der Waals surface area contributed by atoms with Crippen molar-refractivity contribution in [2.45, 2.75) is 11.8 Å². The van der Waals surface area contributed by atoms with E-state index in [-0.39, 0.29) is 17.3 Å². The Bertz CT molecular complexity index is 679. The molecule has 0 saturated heterocycles. The molecule has 0 aliphatic carbocycles.